The molecule has 1 aromatic carbocycles. The summed E-state index contributed by atoms with van der Waals surface area (Å²) in [6.07, 6.45) is 3.15. The molecule has 4 heteroatoms. The van der Waals surface area contributed by atoms with Gasteiger partial charge in [0.05, 0.1) is 6.04 Å². The maximum absolute atomic E-state index is 14.6. The molecule has 0 amide bonds. The van der Waals surface area contributed by atoms with Crippen LogP contribution >= 0.6 is 0 Å². The van der Waals surface area contributed by atoms with E-state index < -0.39 is 11.6 Å². The highest BCUT2D eigenvalue weighted by Crippen LogP contribution is 2.38. The van der Waals surface area contributed by atoms with Crippen molar-refractivity contribution < 1.29 is 8.78 Å². The standard InChI is InChI=1S/C17H26F2N2/c1-5-17(3,21-10-6-7-11-21)16(20-4)14-13(18)9-8-12(2)15(14)19/h8-9,16,20H,5-7,10-11H2,1-4H3. The number of likely N-dealkylation sites (tertiary alicyclic amines) is 1. The normalized spacial score (nSPS) is 20.5. The SMILES string of the molecule is CCC(C)(C(NC)c1c(F)ccc(C)c1F)N1CCCC1. The molecule has 2 unspecified atom stereocenters. The van der Waals surface area contributed by atoms with E-state index in [9.17, 15) is 8.78 Å². The zero-order valence-corrected chi connectivity index (χ0v) is 13.5. The Morgan fingerprint density at radius 3 is 2.43 bits per heavy atom. The van der Waals surface area contributed by atoms with Crippen LogP contribution in [0.2, 0.25) is 0 Å². The fraction of sp³-hybridized carbons (Fsp3) is 0.647. The first-order chi connectivity index (χ1) is 9.95. The number of nitrogens with one attached hydrogen (secondary N) is 1. The Kier molecular flexibility index (Phi) is 4.99. The summed E-state index contributed by atoms with van der Waals surface area (Å²) in [7, 11) is 1.79. The Hall–Kier alpha value is -1.00. The molecule has 21 heavy (non-hydrogen) atoms. The van der Waals surface area contributed by atoms with Crippen molar-refractivity contribution in [2.45, 2.75) is 51.6 Å². The molecule has 0 aliphatic carbocycles. The highest BCUT2D eigenvalue weighted by molar-refractivity contribution is 5.31. The van der Waals surface area contributed by atoms with Crippen molar-refractivity contribution in [3.8, 4) is 0 Å². The van der Waals surface area contributed by atoms with Crippen LogP contribution in [0, 0.1) is 18.6 Å². The average molecular weight is 296 g/mol. The van der Waals surface area contributed by atoms with Crippen molar-refractivity contribution in [1.29, 1.82) is 0 Å². The van der Waals surface area contributed by atoms with Crippen molar-refractivity contribution in [2.75, 3.05) is 20.1 Å². The minimum absolute atomic E-state index is 0.175. The molecule has 1 saturated heterocycles. The summed E-state index contributed by atoms with van der Waals surface area (Å²) >= 11 is 0. The van der Waals surface area contributed by atoms with Crippen LogP contribution in [-0.2, 0) is 0 Å². The van der Waals surface area contributed by atoms with Crippen molar-refractivity contribution >= 4 is 0 Å². The smallest absolute Gasteiger partial charge is 0.133 e. The van der Waals surface area contributed by atoms with Crippen molar-refractivity contribution in [2.24, 2.45) is 0 Å². The molecule has 0 spiro atoms. The summed E-state index contributed by atoms with van der Waals surface area (Å²) in [6, 6.07) is 2.51. The van der Waals surface area contributed by atoms with Crippen LogP contribution in [0.5, 0.6) is 0 Å². The Labute approximate surface area is 126 Å². The number of halogens is 2. The fourth-order valence-corrected chi connectivity index (χ4v) is 3.55. The molecule has 0 radical (unpaired) electrons. The van der Waals surface area contributed by atoms with Gasteiger partial charge in [-0.05, 0) is 64.9 Å². The zero-order chi connectivity index (χ0) is 15.6. The monoisotopic (exact) mass is 296 g/mol. The molecule has 1 fully saturated rings. The van der Waals surface area contributed by atoms with E-state index >= 15 is 0 Å². The van der Waals surface area contributed by atoms with Crippen molar-refractivity contribution in [3.63, 3.8) is 0 Å². The lowest BCUT2D eigenvalue weighted by Crippen LogP contribution is -2.53. The summed E-state index contributed by atoms with van der Waals surface area (Å²) < 4.78 is 28.9. The second-order valence-electron chi connectivity index (χ2n) is 6.22. The van der Waals surface area contributed by atoms with Gasteiger partial charge in [0.15, 0.2) is 0 Å². The van der Waals surface area contributed by atoms with Gasteiger partial charge < -0.3 is 5.32 Å². The lowest BCUT2D eigenvalue weighted by atomic mass is 9.82. The van der Waals surface area contributed by atoms with Gasteiger partial charge in [-0.2, -0.15) is 0 Å². The van der Waals surface area contributed by atoms with Gasteiger partial charge >= 0.3 is 0 Å². The largest absolute Gasteiger partial charge is 0.311 e. The maximum Gasteiger partial charge on any atom is 0.133 e. The third-order valence-electron chi connectivity index (χ3n) is 5.06. The van der Waals surface area contributed by atoms with Gasteiger partial charge in [-0.3, -0.25) is 4.90 Å². The van der Waals surface area contributed by atoms with E-state index in [1.807, 2.05) is 0 Å². The summed E-state index contributed by atoms with van der Waals surface area (Å²) in [6.45, 7) is 7.88. The molecular weight excluding hydrogens is 270 g/mol. The van der Waals surface area contributed by atoms with Crippen LogP contribution in [0.15, 0.2) is 12.1 Å². The Morgan fingerprint density at radius 2 is 1.90 bits per heavy atom. The third kappa shape index (κ3) is 2.84. The predicted molar refractivity (Wildman–Crippen MR) is 82.4 cm³/mol. The molecule has 2 rings (SSSR count). The molecular formula is C17H26F2N2. The van der Waals surface area contributed by atoms with Crippen LogP contribution in [0.25, 0.3) is 0 Å². The number of hydrogen-bond acceptors (Lipinski definition) is 2. The molecule has 1 aromatic rings. The molecule has 1 aliphatic heterocycles. The quantitative estimate of drug-likeness (QED) is 0.889. The lowest BCUT2D eigenvalue weighted by molar-refractivity contribution is 0.0840. The number of aryl methyl sites for hydroxylation is 1. The Morgan fingerprint density at radius 1 is 1.29 bits per heavy atom. The van der Waals surface area contributed by atoms with Gasteiger partial charge in [0.2, 0.25) is 0 Å². The van der Waals surface area contributed by atoms with E-state index in [1.54, 1.807) is 14.0 Å². The second-order valence-corrected chi connectivity index (χ2v) is 6.22. The molecule has 1 aliphatic rings. The van der Waals surface area contributed by atoms with E-state index in [-0.39, 0.29) is 17.1 Å². The van der Waals surface area contributed by atoms with Gasteiger partial charge in [-0.1, -0.05) is 13.0 Å². The van der Waals surface area contributed by atoms with Crippen molar-refractivity contribution in [3.05, 3.63) is 34.9 Å². The summed E-state index contributed by atoms with van der Waals surface area (Å²) in [5, 5.41) is 3.17. The molecule has 1 N–H and O–H groups in total. The predicted octanol–water partition coefficient (Wildman–Crippen LogP) is 3.80. The molecule has 0 aromatic heterocycles. The summed E-state index contributed by atoms with van der Waals surface area (Å²) in [5.41, 5.74) is 0.376. The number of nitrogens with zero attached hydrogens (tertiary/aromatic N) is 1. The van der Waals surface area contributed by atoms with E-state index in [4.69, 9.17) is 0 Å². The first-order valence-corrected chi connectivity index (χ1v) is 7.82. The van der Waals surface area contributed by atoms with Crippen LogP contribution in [0.1, 0.15) is 50.3 Å². The molecule has 2 atom stereocenters. The van der Waals surface area contributed by atoms with Crippen LogP contribution in [-0.4, -0.2) is 30.6 Å². The van der Waals surface area contributed by atoms with Crippen LogP contribution < -0.4 is 5.32 Å². The van der Waals surface area contributed by atoms with Crippen LogP contribution in [0.4, 0.5) is 8.78 Å². The topological polar surface area (TPSA) is 15.3 Å². The van der Waals surface area contributed by atoms with Crippen molar-refractivity contribution in [1.82, 2.24) is 10.2 Å². The Balaban J connectivity index is 2.49. The number of likely N-dealkylation sites (N-methyl/N-ethyl adjacent to an activating group) is 1. The third-order valence-corrected chi connectivity index (χ3v) is 5.06. The van der Waals surface area contributed by atoms with Gasteiger partial charge in [0.25, 0.3) is 0 Å². The first kappa shape index (κ1) is 16.4. The fourth-order valence-electron chi connectivity index (χ4n) is 3.55. The molecule has 1 heterocycles. The number of hydrogen-bond donors (Lipinski definition) is 1. The molecule has 118 valence electrons. The van der Waals surface area contributed by atoms with E-state index in [2.05, 4.69) is 24.1 Å². The highest BCUT2D eigenvalue weighted by atomic mass is 19.1. The summed E-state index contributed by atoms with van der Waals surface area (Å²) in [5.74, 6) is -0.885. The van der Waals surface area contributed by atoms with Gasteiger partial charge in [-0.25, -0.2) is 8.78 Å². The molecule has 0 bridgehead atoms. The zero-order valence-electron chi connectivity index (χ0n) is 13.5. The maximum atomic E-state index is 14.6. The van der Waals surface area contributed by atoms with Gasteiger partial charge in [0.1, 0.15) is 11.6 Å². The average Bonchev–Trinajstić information content (AvgIpc) is 3.01. The van der Waals surface area contributed by atoms with Gasteiger partial charge in [0, 0.05) is 11.1 Å². The van der Waals surface area contributed by atoms with E-state index in [1.165, 1.54) is 12.1 Å². The number of benzene rings is 1. The highest BCUT2D eigenvalue weighted by Gasteiger charge is 2.41. The van der Waals surface area contributed by atoms with E-state index in [0.717, 1.165) is 32.4 Å². The van der Waals surface area contributed by atoms with E-state index in [0.29, 0.717) is 5.56 Å². The minimum Gasteiger partial charge on any atom is -0.311 e. The lowest BCUT2D eigenvalue weighted by Gasteiger charge is -2.45. The Bertz CT molecular complexity index is 498. The van der Waals surface area contributed by atoms with Crippen LogP contribution in [0.3, 0.4) is 0 Å². The number of rotatable bonds is 5. The first-order valence-electron chi connectivity index (χ1n) is 7.82. The van der Waals surface area contributed by atoms with Gasteiger partial charge in [-0.15, -0.1) is 0 Å². The minimum atomic E-state index is -0.462. The second kappa shape index (κ2) is 6.41. The summed E-state index contributed by atoms with van der Waals surface area (Å²) in [4.78, 5) is 2.37. The molecule has 0 saturated carbocycles. The molecule has 2 nitrogen and oxygen atoms in total.